The number of hydrogen-bond acceptors (Lipinski definition) is 1. The third-order valence-electron chi connectivity index (χ3n) is 2.94. The summed E-state index contributed by atoms with van der Waals surface area (Å²) in [5.74, 6) is -1.29. The van der Waals surface area contributed by atoms with Crippen LogP contribution in [0, 0.1) is 11.6 Å². The lowest BCUT2D eigenvalue weighted by Crippen LogP contribution is -2.40. The van der Waals surface area contributed by atoms with E-state index < -0.39 is 17.3 Å². The molecule has 1 aromatic rings. The molecule has 1 aromatic carbocycles. The van der Waals surface area contributed by atoms with E-state index in [4.69, 9.17) is 0 Å². The molecule has 17 heavy (non-hydrogen) atoms. The Balaban J connectivity index is 0.00000144. The molecule has 1 N–H and O–H groups in total. The van der Waals surface area contributed by atoms with Crippen LogP contribution in [0.1, 0.15) is 18.4 Å². The number of alkyl halides is 1. The van der Waals surface area contributed by atoms with Gasteiger partial charge in [0.1, 0.15) is 17.3 Å². The van der Waals surface area contributed by atoms with Crippen molar-refractivity contribution in [3.05, 3.63) is 35.4 Å². The summed E-state index contributed by atoms with van der Waals surface area (Å²) in [4.78, 5) is 0. The standard InChI is InChI=1S/C12H14F3N.ClH/c13-10-5-9(6-11(14)7-10)8-12(15)1-3-16-4-2-12;/h5-7,16H,1-4,8H2;1H. The fraction of sp³-hybridized carbons (Fsp3) is 0.500. The van der Waals surface area contributed by atoms with Gasteiger partial charge in [-0.15, -0.1) is 12.4 Å². The molecule has 96 valence electrons. The van der Waals surface area contributed by atoms with Gasteiger partial charge in [0.15, 0.2) is 0 Å². The van der Waals surface area contributed by atoms with Crippen molar-refractivity contribution in [3.63, 3.8) is 0 Å². The molecule has 0 aromatic heterocycles. The third-order valence-corrected chi connectivity index (χ3v) is 2.94. The van der Waals surface area contributed by atoms with Gasteiger partial charge in [-0.1, -0.05) is 0 Å². The van der Waals surface area contributed by atoms with Crippen molar-refractivity contribution in [2.24, 2.45) is 0 Å². The van der Waals surface area contributed by atoms with Gasteiger partial charge in [0.05, 0.1) is 0 Å². The number of rotatable bonds is 2. The molecule has 0 amide bonds. The number of benzene rings is 1. The van der Waals surface area contributed by atoms with Crippen molar-refractivity contribution in [2.45, 2.75) is 24.9 Å². The van der Waals surface area contributed by atoms with Gasteiger partial charge < -0.3 is 5.32 Å². The first-order valence-electron chi connectivity index (χ1n) is 5.42. The second-order valence-corrected chi connectivity index (χ2v) is 4.36. The molecule has 1 fully saturated rings. The van der Waals surface area contributed by atoms with Gasteiger partial charge in [-0.25, -0.2) is 13.2 Å². The summed E-state index contributed by atoms with van der Waals surface area (Å²) in [6.07, 6.45) is 0.875. The lowest BCUT2D eigenvalue weighted by atomic mass is 9.88. The molecule has 2 rings (SSSR count). The molecule has 0 spiro atoms. The van der Waals surface area contributed by atoms with Gasteiger partial charge in [-0.2, -0.15) is 0 Å². The summed E-state index contributed by atoms with van der Waals surface area (Å²) >= 11 is 0. The predicted octanol–water partition coefficient (Wildman–Crippen LogP) is 3.02. The minimum Gasteiger partial charge on any atom is -0.316 e. The van der Waals surface area contributed by atoms with Crippen LogP contribution in [0.3, 0.4) is 0 Å². The van der Waals surface area contributed by atoms with Gasteiger partial charge in [0.2, 0.25) is 0 Å². The third kappa shape index (κ3) is 3.89. The van der Waals surface area contributed by atoms with Crippen molar-refractivity contribution >= 4 is 12.4 Å². The Morgan fingerprint density at radius 3 is 2.12 bits per heavy atom. The normalized spacial score (nSPS) is 18.5. The highest BCUT2D eigenvalue weighted by molar-refractivity contribution is 5.85. The smallest absolute Gasteiger partial charge is 0.126 e. The Morgan fingerprint density at radius 2 is 1.59 bits per heavy atom. The molecular formula is C12H15ClF3N. The minimum atomic E-state index is -1.33. The van der Waals surface area contributed by atoms with E-state index in [9.17, 15) is 13.2 Å². The molecule has 0 unspecified atom stereocenters. The van der Waals surface area contributed by atoms with Crippen molar-refractivity contribution in [3.8, 4) is 0 Å². The first-order valence-corrected chi connectivity index (χ1v) is 5.42. The number of hydrogen-bond donors (Lipinski definition) is 1. The van der Waals surface area contributed by atoms with Crippen LogP contribution < -0.4 is 5.32 Å². The molecule has 5 heteroatoms. The highest BCUT2D eigenvalue weighted by atomic mass is 35.5. The van der Waals surface area contributed by atoms with Crippen LogP contribution in [0.4, 0.5) is 13.2 Å². The van der Waals surface area contributed by atoms with Gasteiger partial charge in [0.25, 0.3) is 0 Å². The monoisotopic (exact) mass is 265 g/mol. The Labute approximate surface area is 105 Å². The van der Waals surface area contributed by atoms with Gasteiger partial charge in [-0.05, 0) is 43.6 Å². The van der Waals surface area contributed by atoms with E-state index in [0.29, 0.717) is 31.5 Å². The molecular weight excluding hydrogens is 251 g/mol. The van der Waals surface area contributed by atoms with Crippen LogP contribution in [-0.4, -0.2) is 18.8 Å². The fourth-order valence-corrected chi connectivity index (χ4v) is 2.13. The van der Waals surface area contributed by atoms with E-state index in [1.165, 1.54) is 12.1 Å². The molecule has 0 atom stereocenters. The Kier molecular flexibility index (Phi) is 4.83. The van der Waals surface area contributed by atoms with E-state index in [0.717, 1.165) is 6.07 Å². The van der Waals surface area contributed by atoms with Crippen molar-refractivity contribution in [2.75, 3.05) is 13.1 Å². The van der Waals surface area contributed by atoms with Crippen LogP contribution in [0.2, 0.25) is 0 Å². The summed E-state index contributed by atoms with van der Waals surface area (Å²) in [5.41, 5.74) is -0.937. The average molecular weight is 266 g/mol. The number of piperidine rings is 1. The Morgan fingerprint density at radius 1 is 1.06 bits per heavy atom. The van der Waals surface area contributed by atoms with E-state index in [2.05, 4.69) is 5.32 Å². The summed E-state index contributed by atoms with van der Waals surface area (Å²) in [5, 5.41) is 3.06. The van der Waals surface area contributed by atoms with Crippen LogP contribution in [0.5, 0.6) is 0 Å². The van der Waals surface area contributed by atoms with E-state index in [1.54, 1.807) is 0 Å². The highest BCUT2D eigenvalue weighted by Crippen LogP contribution is 2.28. The van der Waals surface area contributed by atoms with Crippen LogP contribution >= 0.6 is 12.4 Å². The van der Waals surface area contributed by atoms with Gasteiger partial charge >= 0.3 is 0 Å². The molecule has 1 nitrogen and oxygen atoms in total. The maximum Gasteiger partial charge on any atom is 0.126 e. The zero-order chi connectivity index (χ0) is 11.6. The topological polar surface area (TPSA) is 12.0 Å². The van der Waals surface area contributed by atoms with Crippen LogP contribution in [0.25, 0.3) is 0 Å². The molecule has 1 heterocycles. The summed E-state index contributed by atoms with van der Waals surface area (Å²) in [6, 6.07) is 3.20. The number of halogens is 4. The van der Waals surface area contributed by atoms with E-state index in [-0.39, 0.29) is 18.8 Å². The van der Waals surface area contributed by atoms with Crippen LogP contribution in [0.15, 0.2) is 18.2 Å². The molecule has 1 aliphatic rings. The second kappa shape index (κ2) is 5.74. The summed E-state index contributed by atoms with van der Waals surface area (Å²) in [7, 11) is 0. The SMILES string of the molecule is Cl.Fc1cc(F)cc(CC2(F)CCNCC2)c1. The molecule has 1 aliphatic heterocycles. The van der Waals surface area contributed by atoms with Crippen molar-refractivity contribution in [1.29, 1.82) is 0 Å². The first-order chi connectivity index (χ1) is 7.57. The van der Waals surface area contributed by atoms with Gasteiger partial charge in [-0.3, -0.25) is 0 Å². The van der Waals surface area contributed by atoms with Crippen LogP contribution in [-0.2, 0) is 6.42 Å². The molecule has 0 radical (unpaired) electrons. The quantitative estimate of drug-likeness (QED) is 0.867. The molecule has 1 saturated heterocycles. The first kappa shape index (κ1) is 14.3. The van der Waals surface area contributed by atoms with Crippen molar-refractivity contribution < 1.29 is 13.2 Å². The highest BCUT2D eigenvalue weighted by Gasteiger charge is 2.31. The zero-order valence-corrected chi connectivity index (χ0v) is 10.1. The van der Waals surface area contributed by atoms with E-state index >= 15 is 0 Å². The summed E-state index contributed by atoms with van der Waals surface area (Å²) < 4.78 is 40.1. The average Bonchev–Trinajstić information content (AvgIpc) is 2.15. The zero-order valence-electron chi connectivity index (χ0n) is 9.31. The Bertz CT molecular complexity index is 358. The minimum absolute atomic E-state index is 0. The van der Waals surface area contributed by atoms with Gasteiger partial charge in [0, 0.05) is 12.5 Å². The molecule has 0 saturated carbocycles. The lowest BCUT2D eigenvalue weighted by Gasteiger charge is -2.30. The lowest BCUT2D eigenvalue weighted by molar-refractivity contribution is 0.116. The predicted molar refractivity (Wildman–Crippen MR) is 63.3 cm³/mol. The number of nitrogens with one attached hydrogen (secondary N) is 1. The fourth-order valence-electron chi connectivity index (χ4n) is 2.13. The largest absolute Gasteiger partial charge is 0.316 e. The second-order valence-electron chi connectivity index (χ2n) is 4.36. The maximum atomic E-state index is 14.2. The molecule has 0 bridgehead atoms. The van der Waals surface area contributed by atoms with Crippen molar-refractivity contribution in [1.82, 2.24) is 5.32 Å². The van der Waals surface area contributed by atoms with E-state index in [1.807, 2.05) is 0 Å². The molecule has 0 aliphatic carbocycles. The maximum absolute atomic E-state index is 14.2. The summed E-state index contributed by atoms with van der Waals surface area (Å²) in [6.45, 7) is 1.24. The Hall–Kier alpha value is -0.740.